The van der Waals surface area contributed by atoms with Crippen LogP contribution >= 0.6 is 11.3 Å². The van der Waals surface area contributed by atoms with Crippen molar-refractivity contribution in [2.75, 3.05) is 32.1 Å². The fraction of sp³-hybridized carbons (Fsp3) is 0.667. The molecule has 0 saturated carbocycles. The quantitative estimate of drug-likeness (QED) is 0.789. The van der Waals surface area contributed by atoms with Gasteiger partial charge in [-0.15, -0.1) is 11.3 Å². The number of sulfone groups is 1. The molecular formula is C12H18N2O4S2. The van der Waals surface area contributed by atoms with E-state index in [0.29, 0.717) is 32.0 Å². The highest BCUT2D eigenvalue weighted by molar-refractivity contribution is 7.91. The summed E-state index contributed by atoms with van der Waals surface area (Å²) < 4.78 is 29.2. The molecule has 0 atom stereocenters. The van der Waals surface area contributed by atoms with E-state index in [4.69, 9.17) is 4.74 Å². The number of aromatic nitrogens is 1. The largest absolute Gasteiger partial charge is 0.378 e. The molecule has 1 aliphatic rings. The number of carbonyl (C=O) groups excluding carboxylic acids is 1. The van der Waals surface area contributed by atoms with Crippen LogP contribution in [-0.4, -0.2) is 56.3 Å². The highest BCUT2D eigenvalue weighted by atomic mass is 32.2. The molecular weight excluding hydrogens is 300 g/mol. The molecule has 1 aliphatic heterocycles. The Morgan fingerprint density at radius 2 is 2.15 bits per heavy atom. The molecule has 0 spiro atoms. The number of aryl methyl sites for hydroxylation is 1. The molecule has 0 bridgehead atoms. The summed E-state index contributed by atoms with van der Waals surface area (Å²) in [5.41, 5.74) is 0.529. The number of hydrogen-bond donors (Lipinski definition) is 0. The van der Waals surface area contributed by atoms with E-state index in [9.17, 15) is 13.2 Å². The lowest BCUT2D eigenvalue weighted by atomic mass is 10.4. The summed E-state index contributed by atoms with van der Waals surface area (Å²) in [7, 11) is -3.47. The van der Waals surface area contributed by atoms with Crippen molar-refractivity contribution in [3.05, 3.63) is 16.1 Å². The first kappa shape index (κ1) is 15.4. The molecule has 0 unspecified atom stereocenters. The Labute approximate surface area is 122 Å². The predicted octanol–water partition coefficient (Wildman–Crippen LogP) is 0.479. The minimum absolute atomic E-state index is 0.167. The Balaban J connectivity index is 1.94. The highest BCUT2D eigenvalue weighted by Gasteiger charge is 2.24. The molecule has 0 aliphatic carbocycles. The van der Waals surface area contributed by atoms with E-state index in [1.54, 1.807) is 10.3 Å². The van der Waals surface area contributed by atoms with Gasteiger partial charge in [0.15, 0.2) is 9.84 Å². The lowest BCUT2D eigenvalue weighted by Gasteiger charge is -2.26. The van der Waals surface area contributed by atoms with E-state index in [1.165, 1.54) is 11.3 Å². The number of hydrogen-bond acceptors (Lipinski definition) is 6. The standard InChI is InChI=1S/C12H18N2O4S2/c1-2-11-13-10(7-19-11)8-20(16,17)9-12(15)14-3-5-18-6-4-14/h7H,2-6,8-9H2,1H3. The molecule has 20 heavy (non-hydrogen) atoms. The van der Waals surface area contributed by atoms with E-state index < -0.39 is 15.6 Å². The summed E-state index contributed by atoms with van der Waals surface area (Å²) in [6.07, 6.45) is 0.789. The zero-order valence-corrected chi connectivity index (χ0v) is 13.0. The molecule has 112 valence electrons. The molecule has 2 rings (SSSR count). The van der Waals surface area contributed by atoms with Gasteiger partial charge in [0.2, 0.25) is 5.91 Å². The number of rotatable bonds is 5. The fourth-order valence-electron chi connectivity index (χ4n) is 1.95. The van der Waals surface area contributed by atoms with Crippen LogP contribution in [0.15, 0.2) is 5.38 Å². The van der Waals surface area contributed by atoms with E-state index in [1.807, 2.05) is 6.92 Å². The van der Waals surface area contributed by atoms with Gasteiger partial charge in [0.25, 0.3) is 0 Å². The number of thiazole rings is 1. The number of carbonyl (C=O) groups is 1. The van der Waals surface area contributed by atoms with Crippen molar-refractivity contribution in [1.82, 2.24) is 9.88 Å². The normalized spacial score (nSPS) is 16.4. The van der Waals surface area contributed by atoms with Crippen molar-refractivity contribution < 1.29 is 17.9 Å². The van der Waals surface area contributed by atoms with E-state index in [0.717, 1.165) is 11.4 Å². The summed E-state index contributed by atoms with van der Waals surface area (Å²) in [5, 5.41) is 2.66. The van der Waals surface area contributed by atoms with Gasteiger partial charge in [-0.1, -0.05) is 6.92 Å². The van der Waals surface area contributed by atoms with Crippen LogP contribution in [0.2, 0.25) is 0 Å². The molecule has 8 heteroatoms. The van der Waals surface area contributed by atoms with Crippen LogP contribution in [-0.2, 0) is 31.5 Å². The third kappa shape index (κ3) is 4.26. The Kier molecular flexibility index (Phi) is 5.11. The molecule has 0 radical (unpaired) electrons. The second kappa shape index (κ2) is 6.64. The zero-order chi connectivity index (χ0) is 14.6. The van der Waals surface area contributed by atoms with Crippen molar-refractivity contribution in [2.45, 2.75) is 19.1 Å². The van der Waals surface area contributed by atoms with Gasteiger partial charge in [0.05, 0.1) is 29.7 Å². The minimum Gasteiger partial charge on any atom is -0.378 e. The molecule has 1 aromatic heterocycles. The average Bonchev–Trinajstić information content (AvgIpc) is 2.86. The van der Waals surface area contributed by atoms with E-state index in [2.05, 4.69) is 4.98 Å². The smallest absolute Gasteiger partial charge is 0.237 e. The first-order valence-corrected chi connectivity index (χ1v) is 9.19. The third-order valence-electron chi connectivity index (χ3n) is 2.98. The summed E-state index contributed by atoms with van der Waals surface area (Å²) in [6, 6.07) is 0. The summed E-state index contributed by atoms with van der Waals surface area (Å²) >= 11 is 1.45. The van der Waals surface area contributed by atoms with Gasteiger partial charge in [-0.05, 0) is 6.42 Å². The number of amides is 1. The van der Waals surface area contributed by atoms with E-state index in [-0.39, 0.29) is 11.7 Å². The number of nitrogens with zero attached hydrogens (tertiary/aromatic N) is 2. The second-order valence-electron chi connectivity index (χ2n) is 4.61. The molecule has 1 fully saturated rings. The van der Waals surface area contributed by atoms with Gasteiger partial charge < -0.3 is 9.64 Å². The Morgan fingerprint density at radius 1 is 1.45 bits per heavy atom. The third-order valence-corrected chi connectivity index (χ3v) is 5.44. The van der Waals surface area contributed by atoms with Gasteiger partial charge in [0.1, 0.15) is 5.75 Å². The Morgan fingerprint density at radius 3 is 2.75 bits per heavy atom. The van der Waals surface area contributed by atoms with Crippen LogP contribution in [0.1, 0.15) is 17.6 Å². The molecule has 1 amide bonds. The van der Waals surface area contributed by atoms with Crippen LogP contribution in [0.3, 0.4) is 0 Å². The van der Waals surface area contributed by atoms with Crippen molar-refractivity contribution in [1.29, 1.82) is 0 Å². The monoisotopic (exact) mass is 318 g/mol. The zero-order valence-electron chi connectivity index (χ0n) is 11.4. The molecule has 0 aromatic carbocycles. The van der Waals surface area contributed by atoms with Crippen LogP contribution in [0.25, 0.3) is 0 Å². The van der Waals surface area contributed by atoms with Crippen LogP contribution < -0.4 is 0 Å². The number of ether oxygens (including phenoxy) is 1. The topological polar surface area (TPSA) is 76.6 Å². The van der Waals surface area contributed by atoms with Crippen LogP contribution in [0.4, 0.5) is 0 Å². The fourth-order valence-corrected chi connectivity index (χ4v) is 4.06. The molecule has 2 heterocycles. The first-order chi connectivity index (χ1) is 9.50. The van der Waals surface area contributed by atoms with Crippen LogP contribution in [0, 0.1) is 0 Å². The molecule has 6 nitrogen and oxygen atoms in total. The summed E-state index contributed by atoms with van der Waals surface area (Å²) in [5.74, 6) is -0.967. The Hall–Kier alpha value is -0.990. The predicted molar refractivity (Wildman–Crippen MR) is 76.4 cm³/mol. The summed E-state index contributed by atoms with van der Waals surface area (Å²) in [6.45, 7) is 3.84. The van der Waals surface area contributed by atoms with Crippen molar-refractivity contribution in [2.24, 2.45) is 0 Å². The van der Waals surface area contributed by atoms with Gasteiger partial charge >= 0.3 is 0 Å². The van der Waals surface area contributed by atoms with E-state index >= 15 is 0 Å². The van der Waals surface area contributed by atoms with Gasteiger partial charge in [-0.3, -0.25) is 4.79 Å². The minimum atomic E-state index is -3.47. The molecule has 0 N–H and O–H groups in total. The van der Waals surface area contributed by atoms with Gasteiger partial charge in [0, 0.05) is 18.5 Å². The molecule has 1 saturated heterocycles. The maximum Gasteiger partial charge on any atom is 0.237 e. The SMILES string of the molecule is CCc1nc(CS(=O)(=O)CC(=O)N2CCOCC2)cs1. The lowest BCUT2D eigenvalue weighted by molar-refractivity contribution is -0.132. The summed E-state index contributed by atoms with van der Waals surface area (Å²) in [4.78, 5) is 17.7. The highest BCUT2D eigenvalue weighted by Crippen LogP contribution is 2.13. The maximum atomic E-state index is 12.0. The number of morpholine rings is 1. The van der Waals surface area contributed by atoms with Gasteiger partial charge in [-0.2, -0.15) is 0 Å². The molecule has 1 aromatic rings. The first-order valence-electron chi connectivity index (χ1n) is 6.49. The van der Waals surface area contributed by atoms with Crippen molar-refractivity contribution in [3.63, 3.8) is 0 Å². The van der Waals surface area contributed by atoms with Crippen molar-refractivity contribution >= 4 is 27.1 Å². The average molecular weight is 318 g/mol. The van der Waals surface area contributed by atoms with Crippen LogP contribution in [0.5, 0.6) is 0 Å². The van der Waals surface area contributed by atoms with Crippen molar-refractivity contribution in [3.8, 4) is 0 Å². The maximum absolute atomic E-state index is 12.0. The second-order valence-corrected chi connectivity index (χ2v) is 7.62. The Bertz CT molecular complexity index is 562. The van der Waals surface area contributed by atoms with Gasteiger partial charge in [-0.25, -0.2) is 13.4 Å². The lowest BCUT2D eigenvalue weighted by Crippen LogP contribution is -2.43.